The second-order valence-corrected chi connectivity index (χ2v) is 3.54. The Labute approximate surface area is 77.7 Å². The molecule has 0 saturated carbocycles. The quantitative estimate of drug-likeness (QED) is 0.647. The molecule has 1 aromatic rings. The minimum atomic E-state index is 0.150. The molecule has 0 bridgehead atoms. The van der Waals surface area contributed by atoms with Crippen molar-refractivity contribution in [3.63, 3.8) is 0 Å². The molecule has 1 aromatic heterocycles. The number of fused-ring (bicyclic) bond motifs is 1. The third-order valence-corrected chi connectivity index (χ3v) is 2.67. The normalized spacial score (nSPS) is 15.5. The average Bonchev–Trinajstić information content (AvgIpc) is 2.45. The molecular formula is C10H14N2O. The third kappa shape index (κ3) is 1.29. The van der Waals surface area contributed by atoms with E-state index in [1.807, 2.05) is 17.7 Å². The van der Waals surface area contributed by atoms with Crippen molar-refractivity contribution in [3.05, 3.63) is 23.0 Å². The van der Waals surface area contributed by atoms with E-state index >= 15 is 0 Å². The predicted molar refractivity (Wildman–Crippen MR) is 50.8 cm³/mol. The molecule has 0 amide bonds. The predicted octanol–water partition coefficient (Wildman–Crippen LogP) is 0.873. The van der Waals surface area contributed by atoms with Gasteiger partial charge in [0.1, 0.15) is 0 Å². The minimum Gasteiger partial charge on any atom is -0.344 e. The smallest absolute Gasteiger partial charge is 0.176 e. The van der Waals surface area contributed by atoms with Gasteiger partial charge in [-0.25, -0.2) is 0 Å². The summed E-state index contributed by atoms with van der Waals surface area (Å²) in [6.07, 6.45) is 1.04. The van der Waals surface area contributed by atoms with Crippen LogP contribution in [-0.4, -0.2) is 16.9 Å². The Morgan fingerprint density at radius 3 is 3.00 bits per heavy atom. The highest BCUT2D eigenvalue weighted by atomic mass is 16.1. The molecule has 1 aliphatic rings. The molecule has 0 unspecified atom stereocenters. The molecule has 2 heterocycles. The molecule has 1 aliphatic heterocycles. The van der Waals surface area contributed by atoms with Crippen LogP contribution < -0.4 is 5.32 Å². The van der Waals surface area contributed by atoms with Crippen LogP contribution in [0.25, 0.3) is 0 Å². The number of Topliss-reactive ketones (excluding diaryl/α,β-unsaturated/α-hetero) is 1. The summed E-state index contributed by atoms with van der Waals surface area (Å²) in [7, 11) is 1.96. The van der Waals surface area contributed by atoms with E-state index in [4.69, 9.17) is 0 Å². The van der Waals surface area contributed by atoms with Gasteiger partial charge in [-0.3, -0.25) is 4.79 Å². The second-order valence-electron chi connectivity index (χ2n) is 3.54. The van der Waals surface area contributed by atoms with Crippen molar-refractivity contribution < 1.29 is 4.79 Å². The first-order valence-corrected chi connectivity index (χ1v) is 4.59. The van der Waals surface area contributed by atoms with Gasteiger partial charge in [-0.1, -0.05) is 0 Å². The summed E-state index contributed by atoms with van der Waals surface area (Å²) in [5.41, 5.74) is 3.41. The molecule has 13 heavy (non-hydrogen) atoms. The van der Waals surface area contributed by atoms with Crippen LogP contribution in [0, 0.1) is 0 Å². The highest BCUT2D eigenvalue weighted by Crippen LogP contribution is 2.18. The number of aromatic nitrogens is 1. The molecule has 0 saturated heterocycles. The van der Waals surface area contributed by atoms with E-state index in [9.17, 15) is 4.79 Å². The van der Waals surface area contributed by atoms with Crippen LogP contribution in [0.5, 0.6) is 0 Å². The van der Waals surface area contributed by atoms with Crippen molar-refractivity contribution in [2.45, 2.75) is 19.9 Å². The maximum atomic E-state index is 11.2. The van der Waals surface area contributed by atoms with E-state index in [1.165, 1.54) is 11.3 Å². The zero-order valence-electron chi connectivity index (χ0n) is 8.05. The van der Waals surface area contributed by atoms with Crippen molar-refractivity contribution in [1.82, 2.24) is 9.88 Å². The highest BCUT2D eigenvalue weighted by Gasteiger charge is 2.17. The van der Waals surface area contributed by atoms with Gasteiger partial charge in [-0.05, 0) is 24.6 Å². The summed E-state index contributed by atoms with van der Waals surface area (Å²) in [5.74, 6) is 0.150. The Kier molecular flexibility index (Phi) is 1.96. The molecule has 0 radical (unpaired) electrons. The van der Waals surface area contributed by atoms with Crippen LogP contribution in [0.15, 0.2) is 6.07 Å². The number of rotatable bonds is 1. The Hall–Kier alpha value is -1.09. The van der Waals surface area contributed by atoms with Crippen molar-refractivity contribution in [2.75, 3.05) is 6.54 Å². The van der Waals surface area contributed by atoms with Gasteiger partial charge in [0.2, 0.25) is 0 Å². The molecule has 1 N–H and O–H groups in total. The van der Waals surface area contributed by atoms with Crippen LogP contribution >= 0.6 is 0 Å². The lowest BCUT2D eigenvalue weighted by atomic mass is 10.1. The Morgan fingerprint density at radius 1 is 1.62 bits per heavy atom. The first kappa shape index (κ1) is 8.51. The SMILES string of the molecule is CC(=O)c1cc2c(n1C)CNCC2. The van der Waals surface area contributed by atoms with Crippen LogP contribution in [0.4, 0.5) is 0 Å². The van der Waals surface area contributed by atoms with Crippen molar-refractivity contribution in [2.24, 2.45) is 7.05 Å². The van der Waals surface area contributed by atoms with Crippen molar-refractivity contribution in [1.29, 1.82) is 0 Å². The fourth-order valence-corrected chi connectivity index (χ4v) is 1.92. The summed E-state index contributed by atoms with van der Waals surface area (Å²) < 4.78 is 2.00. The van der Waals surface area contributed by atoms with Gasteiger partial charge in [0, 0.05) is 26.2 Å². The van der Waals surface area contributed by atoms with Gasteiger partial charge in [0.05, 0.1) is 5.69 Å². The summed E-state index contributed by atoms with van der Waals surface area (Å²) in [4.78, 5) is 11.2. The van der Waals surface area contributed by atoms with Gasteiger partial charge in [0.25, 0.3) is 0 Å². The summed E-state index contributed by atoms with van der Waals surface area (Å²) in [6.45, 7) is 3.53. The summed E-state index contributed by atoms with van der Waals surface area (Å²) in [5, 5.41) is 3.30. The van der Waals surface area contributed by atoms with Crippen LogP contribution in [0.3, 0.4) is 0 Å². The van der Waals surface area contributed by atoms with Gasteiger partial charge in [-0.15, -0.1) is 0 Å². The monoisotopic (exact) mass is 178 g/mol. The number of hydrogen-bond acceptors (Lipinski definition) is 2. The van der Waals surface area contributed by atoms with Gasteiger partial charge < -0.3 is 9.88 Å². The molecule has 2 rings (SSSR count). The number of carbonyl (C=O) groups is 1. The Morgan fingerprint density at radius 2 is 2.38 bits per heavy atom. The van der Waals surface area contributed by atoms with Crippen molar-refractivity contribution in [3.8, 4) is 0 Å². The number of nitrogens with zero attached hydrogens (tertiary/aromatic N) is 1. The van der Waals surface area contributed by atoms with Crippen LogP contribution in [0.1, 0.15) is 28.7 Å². The lowest BCUT2D eigenvalue weighted by molar-refractivity contribution is 0.101. The number of carbonyl (C=O) groups excluding carboxylic acids is 1. The van der Waals surface area contributed by atoms with Crippen molar-refractivity contribution >= 4 is 5.78 Å². The van der Waals surface area contributed by atoms with Gasteiger partial charge in [-0.2, -0.15) is 0 Å². The Balaban J connectivity index is 2.50. The third-order valence-electron chi connectivity index (χ3n) is 2.67. The molecule has 0 atom stereocenters. The molecule has 3 nitrogen and oxygen atoms in total. The van der Waals surface area contributed by atoms with E-state index in [0.29, 0.717) is 0 Å². The van der Waals surface area contributed by atoms with Gasteiger partial charge in [0.15, 0.2) is 5.78 Å². The van der Waals surface area contributed by atoms with E-state index in [2.05, 4.69) is 5.32 Å². The van der Waals surface area contributed by atoms with Crippen LogP contribution in [-0.2, 0) is 20.0 Å². The number of hydrogen-bond donors (Lipinski definition) is 1. The minimum absolute atomic E-state index is 0.150. The first-order valence-electron chi connectivity index (χ1n) is 4.59. The second kappa shape index (κ2) is 3.00. The summed E-state index contributed by atoms with van der Waals surface area (Å²) in [6, 6.07) is 2.03. The molecular weight excluding hydrogens is 164 g/mol. The average molecular weight is 178 g/mol. The lowest BCUT2D eigenvalue weighted by Gasteiger charge is -2.14. The molecule has 0 fully saturated rings. The van der Waals surface area contributed by atoms with Crippen LogP contribution in [0.2, 0.25) is 0 Å². The fourth-order valence-electron chi connectivity index (χ4n) is 1.92. The number of ketones is 1. The van der Waals surface area contributed by atoms with E-state index in [0.717, 1.165) is 25.2 Å². The molecule has 0 spiro atoms. The molecule has 0 aromatic carbocycles. The first-order chi connectivity index (χ1) is 6.20. The Bertz CT molecular complexity index is 352. The zero-order valence-corrected chi connectivity index (χ0v) is 8.05. The fraction of sp³-hybridized carbons (Fsp3) is 0.500. The van der Waals surface area contributed by atoms with Gasteiger partial charge >= 0.3 is 0 Å². The number of nitrogens with one attached hydrogen (secondary N) is 1. The van der Waals surface area contributed by atoms with E-state index < -0.39 is 0 Å². The lowest BCUT2D eigenvalue weighted by Crippen LogP contribution is -2.24. The highest BCUT2D eigenvalue weighted by molar-refractivity contribution is 5.93. The topological polar surface area (TPSA) is 34.0 Å². The molecule has 3 heteroatoms. The van der Waals surface area contributed by atoms with E-state index in [1.54, 1.807) is 6.92 Å². The largest absolute Gasteiger partial charge is 0.344 e. The maximum absolute atomic E-state index is 11.2. The standard InChI is InChI=1S/C10H14N2O/c1-7(13)9-5-8-3-4-11-6-10(8)12(9)2/h5,11H,3-4,6H2,1-2H3. The van der Waals surface area contributed by atoms with E-state index in [-0.39, 0.29) is 5.78 Å². The molecule has 0 aliphatic carbocycles. The summed E-state index contributed by atoms with van der Waals surface area (Å²) >= 11 is 0. The maximum Gasteiger partial charge on any atom is 0.176 e. The zero-order chi connectivity index (χ0) is 9.42. The molecule has 70 valence electrons.